The van der Waals surface area contributed by atoms with Gasteiger partial charge in [0.25, 0.3) is 0 Å². The molecule has 0 amide bonds. The topological polar surface area (TPSA) is 38.5 Å². The molecule has 0 radical (unpaired) electrons. The van der Waals surface area contributed by atoms with Crippen molar-refractivity contribution >= 4 is 39.2 Å². The van der Waals surface area contributed by atoms with Gasteiger partial charge in [0.05, 0.1) is 16.7 Å². The summed E-state index contributed by atoms with van der Waals surface area (Å²) in [6.07, 6.45) is 0.999. The molecule has 2 aromatic heterocycles. The van der Waals surface area contributed by atoms with Gasteiger partial charge in [0.2, 0.25) is 0 Å². The molecule has 3 aromatic rings. The third kappa shape index (κ3) is 2.96. The largest absolute Gasteiger partial charge is 0.331 e. The SMILES string of the molecule is Cc1cc(C)n(CCCn2c(=S)[nH]c3cc(Br)ccc32)n1. The molecule has 0 aliphatic heterocycles. The number of rotatable bonds is 4. The average Bonchev–Trinajstić information content (AvgIpc) is 2.89. The van der Waals surface area contributed by atoms with E-state index in [2.05, 4.69) is 60.4 Å². The van der Waals surface area contributed by atoms with Crippen LogP contribution in [0.4, 0.5) is 0 Å². The molecule has 0 atom stereocenters. The maximum atomic E-state index is 5.43. The summed E-state index contributed by atoms with van der Waals surface area (Å²) >= 11 is 8.91. The van der Waals surface area contributed by atoms with E-state index in [1.54, 1.807) is 0 Å². The second-order valence-corrected chi connectivity index (χ2v) is 6.55. The quantitative estimate of drug-likeness (QED) is 0.698. The lowest BCUT2D eigenvalue weighted by Gasteiger charge is -2.06. The number of hydrogen-bond acceptors (Lipinski definition) is 2. The fraction of sp³-hybridized carbons (Fsp3) is 0.333. The van der Waals surface area contributed by atoms with Gasteiger partial charge in [0.15, 0.2) is 4.77 Å². The van der Waals surface area contributed by atoms with Crippen LogP contribution in [0.1, 0.15) is 17.8 Å². The van der Waals surface area contributed by atoms with Gasteiger partial charge < -0.3 is 9.55 Å². The van der Waals surface area contributed by atoms with Crippen LogP contribution in [0, 0.1) is 18.6 Å². The van der Waals surface area contributed by atoms with Gasteiger partial charge >= 0.3 is 0 Å². The Labute approximate surface area is 136 Å². The van der Waals surface area contributed by atoms with Gasteiger partial charge in [-0.3, -0.25) is 4.68 Å². The molecule has 0 saturated carbocycles. The zero-order valence-corrected chi connectivity index (χ0v) is 14.5. The van der Waals surface area contributed by atoms with Gasteiger partial charge in [0, 0.05) is 23.3 Å². The Kier molecular flexibility index (Phi) is 3.99. The fourth-order valence-corrected chi connectivity index (χ4v) is 3.30. The molecule has 0 aliphatic carbocycles. The van der Waals surface area contributed by atoms with Crippen LogP contribution in [0.3, 0.4) is 0 Å². The molecule has 0 bridgehead atoms. The van der Waals surface area contributed by atoms with Crippen LogP contribution in [-0.2, 0) is 13.1 Å². The Hall–Kier alpha value is -1.40. The maximum absolute atomic E-state index is 5.43. The Balaban J connectivity index is 1.78. The molecule has 0 spiro atoms. The number of aromatic amines is 1. The molecule has 2 heterocycles. The number of aryl methyl sites for hydroxylation is 4. The molecular formula is C15H17BrN4S. The fourth-order valence-electron chi connectivity index (χ4n) is 2.64. The smallest absolute Gasteiger partial charge is 0.178 e. The van der Waals surface area contributed by atoms with Crippen molar-refractivity contribution in [2.75, 3.05) is 0 Å². The molecule has 21 heavy (non-hydrogen) atoms. The Bertz CT molecular complexity index is 843. The number of aromatic nitrogens is 4. The number of fused-ring (bicyclic) bond motifs is 1. The van der Waals surface area contributed by atoms with Crippen molar-refractivity contribution in [1.82, 2.24) is 19.3 Å². The highest BCUT2D eigenvalue weighted by molar-refractivity contribution is 9.10. The summed E-state index contributed by atoms with van der Waals surface area (Å²) < 4.78 is 6.05. The molecule has 0 aliphatic rings. The Morgan fingerprint density at radius 2 is 2.05 bits per heavy atom. The van der Waals surface area contributed by atoms with E-state index < -0.39 is 0 Å². The van der Waals surface area contributed by atoms with E-state index >= 15 is 0 Å². The van der Waals surface area contributed by atoms with Crippen LogP contribution >= 0.6 is 28.1 Å². The van der Waals surface area contributed by atoms with Crippen LogP contribution in [-0.4, -0.2) is 19.3 Å². The predicted octanol–water partition coefficient (Wildman–Crippen LogP) is 4.37. The van der Waals surface area contributed by atoms with Crippen molar-refractivity contribution in [1.29, 1.82) is 0 Å². The van der Waals surface area contributed by atoms with Crippen LogP contribution in [0.5, 0.6) is 0 Å². The van der Waals surface area contributed by atoms with E-state index in [0.717, 1.165) is 45.5 Å². The number of hydrogen-bond donors (Lipinski definition) is 1. The number of nitrogens with zero attached hydrogens (tertiary/aromatic N) is 3. The van der Waals surface area contributed by atoms with E-state index in [4.69, 9.17) is 12.2 Å². The van der Waals surface area contributed by atoms with Gasteiger partial charge in [-0.15, -0.1) is 0 Å². The van der Waals surface area contributed by atoms with Crippen molar-refractivity contribution in [3.8, 4) is 0 Å². The van der Waals surface area contributed by atoms with Crippen molar-refractivity contribution in [3.05, 3.63) is 44.9 Å². The van der Waals surface area contributed by atoms with Crippen molar-refractivity contribution in [2.24, 2.45) is 0 Å². The first-order chi connectivity index (χ1) is 10.0. The predicted molar refractivity (Wildman–Crippen MR) is 91.1 cm³/mol. The molecule has 110 valence electrons. The van der Waals surface area contributed by atoms with Crippen molar-refractivity contribution in [2.45, 2.75) is 33.4 Å². The lowest BCUT2D eigenvalue weighted by Crippen LogP contribution is -2.07. The third-order valence-corrected chi connectivity index (χ3v) is 4.41. The van der Waals surface area contributed by atoms with Crippen LogP contribution in [0.15, 0.2) is 28.7 Å². The van der Waals surface area contributed by atoms with E-state index in [-0.39, 0.29) is 0 Å². The summed E-state index contributed by atoms with van der Waals surface area (Å²) in [6, 6.07) is 8.30. The second kappa shape index (κ2) is 5.77. The van der Waals surface area contributed by atoms with Gasteiger partial charge in [0.1, 0.15) is 0 Å². The van der Waals surface area contributed by atoms with Crippen LogP contribution in [0.2, 0.25) is 0 Å². The second-order valence-electron chi connectivity index (χ2n) is 5.25. The highest BCUT2D eigenvalue weighted by Crippen LogP contribution is 2.20. The molecule has 6 heteroatoms. The molecule has 3 rings (SSSR count). The number of nitrogens with one attached hydrogen (secondary N) is 1. The summed E-state index contributed by atoms with van der Waals surface area (Å²) in [6.45, 7) is 5.91. The maximum Gasteiger partial charge on any atom is 0.178 e. The third-order valence-electron chi connectivity index (χ3n) is 3.59. The van der Waals surface area contributed by atoms with Crippen molar-refractivity contribution in [3.63, 3.8) is 0 Å². The van der Waals surface area contributed by atoms with E-state index in [1.165, 1.54) is 5.69 Å². The van der Waals surface area contributed by atoms with Gasteiger partial charge in [-0.05, 0) is 56.8 Å². The minimum atomic E-state index is 0.775. The first-order valence-electron chi connectivity index (χ1n) is 6.94. The van der Waals surface area contributed by atoms with E-state index in [9.17, 15) is 0 Å². The number of halogens is 1. The molecule has 0 saturated heterocycles. The van der Waals surface area contributed by atoms with Crippen LogP contribution < -0.4 is 0 Å². The number of imidazole rings is 1. The van der Waals surface area contributed by atoms with Gasteiger partial charge in [-0.1, -0.05) is 15.9 Å². The highest BCUT2D eigenvalue weighted by atomic mass is 79.9. The number of H-pyrrole nitrogens is 1. The lowest BCUT2D eigenvalue weighted by molar-refractivity contribution is 0.519. The molecule has 1 aromatic carbocycles. The summed E-state index contributed by atoms with van der Waals surface area (Å²) in [7, 11) is 0. The molecular weight excluding hydrogens is 348 g/mol. The summed E-state index contributed by atoms with van der Waals surface area (Å²) in [4.78, 5) is 3.26. The lowest BCUT2D eigenvalue weighted by atomic mass is 10.3. The Morgan fingerprint density at radius 1 is 1.24 bits per heavy atom. The zero-order chi connectivity index (χ0) is 15.0. The first-order valence-corrected chi connectivity index (χ1v) is 8.14. The molecule has 0 fully saturated rings. The normalized spacial score (nSPS) is 11.4. The molecule has 0 unspecified atom stereocenters. The van der Waals surface area contributed by atoms with E-state index in [0.29, 0.717) is 0 Å². The highest BCUT2D eigenvalue weighted by Gasteiger charge is 2.06. The summed E-state index contributed by atoms with van der Waals surface area (Å²) in [5, 5.41) is 4.49. The molecule has 1 N–H and O–H groups in total. The zero-order valence-electron chi connectivity index (χ0n) is 12.1. The Morgan fingerprint density at radius 3 is 2.76 bits per heavy atom. The number of benzene rings is 1. The minimum absolute atomic E-state index is 0.775. The first kappa shape index (κ1) is 14.5. The van der Waals surface area contributed by atoms with Crippen molar-refractivity contribution < 1.29 is 0 Å². The summed E-state index contributed by atoms with van der Waals surface area (Å²) in [5.41, 5.74) is 4.50. The van der Waals surface area contributed by atoms with Crippen LogP contribution in [0.25, 0.3) is 11.0 Å². The standard InChI is InChI=1S/C15H17BrN4S/c1-10-8-11(2)20(18-10)7-3-6-19-14-5-4-12(16)9-13(14)17-15(19)21/h4-5,8-9H,3,6-7H2,1-2H3,(H,17,21). The van der Waals surface area contributed by atoms with Gasteiger partial charge in [-0.2, -0.15) is 5.10 Å². The minimum Gasteiger partial charge on any atom is -0.331 e. The average molecular weight is 365 g/mol. The van der Waals surface area contributed by atoms with E-state index in [1.807, 2.05) is 13.0 Å². The molecule has 4 nitrogen and oxygen atoms in total. The summed E-state index contributed by atoms with van der Waals surface area (Å²) in [5.74, 6) is 0. The monoisotopic (exact) mass is 364 g/mol. The van der Waals surface area contributed by atoms with Gasteiger partial charge in [-0.25, -0.2) is 0 Å².